The van der Waals surface area contributed by atoms with Gasteiger partial charge in [0.1, 0.15) is 11.1 Å². The molecule has 0 aliphatic heterocycles. The van der Waals surface area contributed by atoms with Crippen LogP contribution in [0.25, 0.3) is 0 Å². The molecule has 0 bridgehead atoms. The second-order valence-electron chi connectivity index (χ2n) is 7.00. The zero-order valence-electron chi connectivity index (χ0n) is 13.1. The Labute approximate surface area is 130 Å². The van der Waals surface area contributed by atoms with Crippen LogP contribution < -0.4 is 11.1 Å². The van der Waals surface area contributed by atoms with Crippen LogP contribution in [0.5, 0.6) is 0 Å². The molecule has 0 saturated heterocycles. The highest BCUT2D eigenvalue weighted by Crippen LogP contribution is 2.39. The molecular formula is C16H23N3OS. The maximum atomic E-state index is 12.3. The number of nitriles is 1. The van der Waals surface area contributed by atoms with Gasteiger partial charge in [0, 0.05) is 4.88 Å². The SMILES string of the molecule is CC1CCc2c(sc(NC(=O)[C@@H](N)C(C)(C)C)c2C#N)C1. The van der Waals surface area contributed by atoms with Gasteiger partial charge in [-0.3, -0.25) is 4.79 Å². The topological polar surface area (TPSA) is 78.9 Å². The monoisotopic (exact) mass is 305 g/mol. The lowest BCUT2D eigenvalue weighted by molar-refractivity contribution is -0.119. The van der Waals surface area contributed by atoms with Crippen LogP contribution in [0.2, 0.25) is 0 Å². The van der Waals surface area contributed by atoms with Crippen molar-refractivity contribution in [1.29, 1.82) is 5.26 Å². The van der Waals surface area contributed by atoms with Crippen molar-refractivity contribution in [2.75, 3.05) is 5.32 Å². The molecule has 1 aliphatic carbocycles. The number of fused-ring (bicyclic) bond motifs is 1. The minimum Gasteiger partial charge on any atom is -0.319 e. The highest BCUT2D eigenvalue weighted by molar-refractivity contribution is 7.16. The van der Waals surface area contributed by atoms with Crippen LogP contribution in [0.15, 0.2) is 0 Å². The van der Waals surface area contributed by atoms with Gasteiger partial charge in [0.25, 0.3) is 0 Å². The first-order valence-corrected chi connectivity index (χ1v) is 8.16. The van der Waals surface area contributed by atoms with Gasteiger partial charge in [-0.2, -0.15) is 5.26 Å². The summed E-state index contributed by atoms with van der Waals surface area (Å²) in [5.41, 5.74) is 7.45. The van der Waals surface area contributed by atoms with Gasteiger partial charge in [-0.25, -0.2) is 0 Å². The minimum absolute atomic E-state index is 0.217. The van der Waals surface area contributed by atoms with Crippen LogP contribution >= 0.6 is 11.3 Å². The number of carbonyl (C=O) groups is 1. The van der Waals surface area contributed by atoms with E-state index < -0.39 is 6.04 Å². The Morgan fingerprint density at radius 2 is 2.19 bits per heavy atom. The van der Waals surface area contributed by atoms with E-state index in [0.29, 0.717) is 16.5 Å². The molecule has 21 heavy (non-hydrogen) atoms. The van der Waals surface area contributed by atoms with Crippen molar-refractivity contribution in [3.63, 3.8) is 0 Å². The third kappa shape index (κ3) is 3.28. The van der Waals surface area contributed by atoms with Crippen molar-refractivity contribution in [1.82, 2.24) is 0 Å². The maximum absolute atomic E-state index is 12.3. The molecule has 0 spiro atoms. The molecule has 1 unspecified atom stereocenters. The van der Waals surface area contributed by atoms with Crippen LogP contribution in [-0.4, -0.2) is 11.9 Å². The number of amides is 1. The summed E-state index contributed by atoms with van der Waals surface area (Å²) in [6.07, 6.45) is 3.03. The van der Waals surface area contributed by atoms with Crippen LogP contribution in [0.3, 0.4) is 0 Å². The van der Waals surface area contributed by atoms with Gasteiger partial charge in [0.15, 0.2) is 0 Å². The molecule has 1 aliphatic rings. The summed E-state index contributed by atoms with van der Waals surface area (Å²) in [6.45, 7) is 8.03. The average Bonchev–Trinajstić information content (AvgIpc) is 2.72. The Bertz CT molecular complexity index is 592. The van der Waals surface area contributed by atoms with E-state index >= 15 is 0 Å². The molecule has 2 rings (SSSR count). The number of hydrogen-bond acceptors (Lipinski definition) is 4. The molecule has 1 aromatic rings. The minimum atomic E-state index is -0.595. The number of nitrogens with one attached hydrogen (secondary N) is 1. The van der Waals surface area contributed by atoms with Gasteiger partial charge < -0.3 is 11.1 Å². The first-order valence-electron chi connectivity index (χ1n) is 7.35. The summed E-state index contributed by atoms with van der Waals surface area (Å²) in [6, 6.07) is 1.66. The van der Waals surface area contributed by atoms with Crippen molar-refractivity contribution >= 4 is 22.2 Å². The number of hydrogen-bond donors (Lipinski definition) is 2. The lowest BCUT2D eigenvalue weighted by Gasteiger charge is -2.25. The first-order chi connectivity index (χ1) is 9.74. The summed E-state index contributed by atoms with van der Waals surface area (Å²) in [5, 5.41) is 13.0. The van der Waals surface area contributed by atoms with E-state index in [9.17, 15) is 10.1 Å². The van der Waals surface area contributed by atoms with Crippen LogP contribution in [0.1, 0.15) is 50.1 Å². The zero-order valence-corrected chi connectivity index (χ0v) is 13.9. The van der Waals surface area contributed by atoms with E-state index in [1.807, 2.05) is 20.8 Å². The highest BCUT2D eigenvalue weighted by Gasteiger charge is 2.30. The molecule has 3 N–H and O–H groups in total. The van der Waals surface area contributed by atoms with Crippen molar-refractivity contribution in [3.8, 4) is 6.07 Å². The van der Waals surface area contributed by atoms with Gasteiger partial charge in [0.05, 0.1) is 11.6 Å². The summed E-state index contributed by atoms with van der Waals surface area (Å²) >= 11 is 1.54. The van der Waals surface area contributed by atoms with Gasteiger partial charge in [-0.05, 0) is 36.2 Å². The fourth-order valence-electron chi connectivity index (χ4n) is 2.54. The van der Waals surface area contributed by atoms with Crippen LogP contribution in [-0.2, 0) is 17.6 Å². The van der Waals surface area contributed by atoms with E-state index in [2.05, 4.69) is 18.3 Å². The largest absolute Gasteiger partial charge is 0.319 e. The number of thiophene rings is 1. The molecule has 0 saturated carbocycles. The lowest BCUT2D eigenvalue weighted by Crippen LogP contribution is -2.45. The molecule has 0 radical (unpaired) electrons. The number of carbonyl (C=O) groups excluding carboxylic acids is 1. The van der Waals surface area contributed by atoms with Gasteiger partial charge in [-0.15, -0.1) is 11.3 Å². The average molecular weight is 305 g/mol. The standard InChI is InChI=1S/C16H23N3OS/c1-9-5-6-10-11(8-17)15(21-12(10)7-9)19-14(20)13(18)16(2,3)4/h9,13H,5-7,18H2,1-4H3,(H,19,20)/t9?,13-/m1/s1. The Morgan fingerprint density at radius 3 is 2.76 bits per heavy atom. The molecule has 5 heteroatoms. The predicted molar refractivity (Wildman–Crippen MR) is 86.3 cm³/mol. The van der Waals surface area contributed by atoms with Crippen molar-refractivity contribution in [2.45, 2.75) is 53.0 Å². The summed E-state index contributed by atoms with van der Waals surface area (Å²) in [4.78, 5) is 13.5. The second-order valence-corrected chi connectivity index (χ2v) is 8.11. The first kappa shape index (κ1) is 16.0. The number of anilines is 1. The number of nitrogens with two attached hydrogens (primary N) is 1. The number of nitrogens with zero attached hydrogens (tertiary/aromatic N) is 1. The van der Waals surface area contributed by atoms with Crippen LogP contribution in [0.4, 0.5) is 5.00 Å². The smallest absolute Gasteiger partial charge is 0.242 e. The van der Waals surface area contributed by atoms with Gasteiger partial charge in [0.2, 0.25) is 5.91 Å². The highest BCUT2D eigenvalue weighted by atomic mass is 32.1. The Hall–Kier alpha value is -1.38. The third-order valence-electron chi connectivity index (χ3n) is 4.08. The Morgan fingerprint density at radius 1 is 1.52 bits per heavy atom. The molecule has 2 atom stereocenters. The molecule has 1 heterocycles. The fraction of sp³-hybridized carbons (Fsp3) is 0.625. The van der Waals surface area contributed by atoms with Crippen molar-refractivity contribution in [3.05, 3.63) is 16.0 Å². The van der Waals surface area contributed by atoms with Crippen molar-refractivity contribution < 1.29 is 4.79 Å². The molecule has 0 fully saturated rings. The summed E-state index contributed by atoms with van der Waals surface area (Å²) in [7, 11) is 0. The van der Waals surface area contributed by atoms with Gasteiger partial charge in [-0.1, -0.05) is 27.7 Å². The fourth-order valence-corrected chi connectivity index (χ4v) is 3.90. The quantitative estimate of drug-likeness (QED) is 0.881. The van der Waals surface area contributed by atoms with E-state index in [0.717, 1.165) is 24.8 Å². The third-order valence-corrected chi connectivity index (χ3v) is 5.25. The van der Waals surface area contributed by atoms with Gasteiger partial charge >= 0.3 is 0 Å². The predicted octanol–water partition coefficient (Wildman–Crippen LogP) is 3.06. The number of rotatable bonds is 2. The van der Waals surface area contributed by atoms with Crippen molar-refractivity contribution in [2.24, 2.45) is 17.1 Å². The molecular weight excluding hydrogens is 282 g/mol. The van der Waals surface area contributed by atoms with E-state index in [-0.39, 0.29) is 11.3 Å². The Kier molecular flexibility index (Phi) is 4.40. The van der Waals surface area contributed by atoms with E-state index in [1.165, 1.54) is 16.2 Å². The summed E-state index contributed by atoms with van der Waals surface area (Å²) in [5.74, 6) is 0.425. The van der Waals surface area contributed by atoms with E-state index in [4.69, 9.17) is 5.73 Å². The van der Waals surface area contributed by atoms with Crippen LogP contribution in [0, 0.1) is 22.7 Å². The maximum Gasteiger partial charge on any atom is 0.242 e. The normalized spacial score (nSPS) is 19.5. The Balaban J connectivity index is 2.26. The molecule has 114 valence electrons. The molecule has 1 aromatic heterocycles. The second kappa shape index (κ2) is 5.78. The zero-order chi connectivity index (χ0) is 15.8. The van der Waals surface area contributed by atoms with E-state index in [1.54, 1.807) is 0 Å². The molecule has 1 amide bonds. The summed E-state index contributed by atoms with van der Waals surface area (Å²) < 4.78 is 0. The molecule has 0 aromatic carbocycles. The lowest BCUT2D eigenvalue weighted by atomic mass is 9.87. The molecule has 4 nitrogen and oxygen atoms in total.